The summed E-state index contributed by atoms with van der Waals surface area (Å²) in [5, 5.41) is 4.34. The topological polar surface area (TPSA) is 91.4 Å². The number of imide groups is 1. The number of nitrogens with one attached hydrogen (secondary N) is 2. The third-order valence-electron chi connectivity index (χ3n) is 5.48. The largest absolute Gasteiger partial charge is 0.417 e. The summed E-state index contributed by atoms with van der Waals surface area (Å²) in [5.41, 5.74) is -1.04. The molecule has 1 unspecified atom stereocenters. The lowest BCUT2D eigenvalue weighted by atomic mass is 9.86. The van der Waals surface area contributed by atoms with E-state index in [9.17, 15) is 27.6 Å². The zero-order chi connectivity index (χ0) is 22.4. The van der Waals surface area contributed by atoms with Crippen LogP contribution in [0.5, 0.6) is 0 Å². The average molecular weight is 453 g/mol. The van der Waals surface area contributed by atoms with Crippen LogP contribution in [0.2, 0.25) is 5.02 Å². The second kappa shape index (κ2) is 7.52. The van der Waals surface area contributed by atoms with Gasteiger partial charge in [-0.2, -0.15) is 13.2 Å². The van der Waals surface area contributed by atoms with Gasteiger partial charge in [-0.15, -0.1) is 0 Å². The lowest BCUT2D eigenvalue weighted by Crippen LogP contribution is -2.44. The third kappa shape index (κ3) is 3.83. The predicted octanol–water partition coefficient (Wildman–Crippen LogP) is 3.11. The van der Waals surface area contributed by atoms with Crippen molar-refractivity contribution in [2.45, 2.75) is 37.6 Å². The minimum absolute atomic E-state index is 0.00681. The number of hydrogen-bond donors (Lipinski definition) is 2. The molecule has 2 aliphatic heterocycles. The van der Waals surface area contributed by atoms with Crippen molar-refractivity contribution in [2.24, 2.45) is 0 Å². The number of halogens is 4. The molecule has 31 heavy (non-hydrogen) atoms. The highest BCUT2D eigenvalue weighted by atomic mass is 35.5. The average Bonchev–Trinajstić information content (AvgIpc) is 3.25. The molecule has 0 bridgehead atoms. The first kappa shape index (κ1) is 21.1. The van der Waals surface area contributed by atoms with Crippen molar-refractivity contribution in [3.63, 3.8) is 0 Å². The SMILES string of the molecule is O=C1NC(=O)C(CCC(=O)N2Cc3cc(Cl)c(C(F)(F)F)cc3C2)(c2cccnc2)N1. The van der Waals surface area contributed by atoms with Gasteiger partial charge < -0.3 is 10.2 Å². The van der Waals surface area contributed by atoms with Gasteiger partial charge in [0.05, 0.1) is 10.6 Å². The summed E-state index contributed by atoms with van der Waals surface area (Å²) in [7, 11) is 0. The van der Waals surface area contributed by atoms with E-state index in [0.717, 1.165) is 6.07 Å². The van der Waals surface area contributed by atoms with Crippen LogP contribution in [0.1, 0.15) is 35.1 Å². The Kier molecular flexibility index (Phi) is 5.12. The van der Waals surface area contributed by atoms with E-state index in [0.29, 0.717) is 16.7 Å². The Bertz CT molecular complexity index is 1080. The summed E-state index contributed by atoms with van der Waals surface area (Å²) in [6.45, 7) is 0.122. The first-order valence-corrected chi connectivity index (χ1v) is 9.68. The van der Waals surface area contributed by atoms with Gasteiger partial charge in [-0.3, -0.25) is 19.9 Å². The van der Waals surface area contributed by atoms with E-state index in [1.807, 2.05) is 0 Å². The lowest BCUT2D eigenvalue weighted by Gasteiger charge is -2.27. The van der Waals surface area contributed by atoms with Gasteiger partial charge in [0.1, 0.15) is 5.54 Å². The molecule has 0 spiro atoms. The monoisotopic (exact) mass is 452 g/mol. The van der Waals surface area contributed by atoms with Crippen molar-refractivity contribution in [3.05, 3.63) is 63.9 Å². The highest BCUT2D eigenvalue weighted by Gasteiger charge is 2.48. The van der Waals surface area contributed by atoms with Crippen molar-refractivity contribution in [1.29, 1.82) is 0 Å². The van der Waals surface area contributed by atoms with Crippen LogP contribution in [0.3, 0.4) is 0 Å². The molecule has 2 N–H and O–H groups in total. The van der Waals surface area contributed by atoms with E-state index in [1.165, 1.54) is 23.4 Å². The Morgan fingerprint density at radius 2 is 1.94 bits per heavy atom. The van der Waals surface area contributed by atoms with Gasteiger partial charge in [-0.25, -0.2) is 4.79 Å². The second-order valence-electron chi connectivity index (χ2n) is 7.40. The van der Waals surface area contributed by atoms with Crippen LogP contribution in [-0.2, 0) is 34.4 Å². The zero-order valence-corrected chi connectivity index (χ0v) is 16.7. The molecule has 7 nitrogen and oxygen atoms in total. The van der Waals surface area contributed by atoms with Crippen LogP contribution in [0, 0.1) is 0 Å². The number of rotatable bonds is 4. The molecular formula is C20H16ClF3N4O3. The number of pyridine rings is 1. The van der Waals surface area contributed by atoms with Gasteiger partial charge in [0.2, 0.25) is 5.91 Å². The Morgan fingerprint density at radius 3 is 2.52 bits per heavy atom. The fourth-order valence-corrected chi connectivity index (χ4v) is 4.19. The Labute approximate surface area is 179 Å². The molecule has 4 amide bonds. The van der Waals surface area contributed by atoms with Crippen LogP contribution in [0.15, 0.2) is 36.7 Å². The van der Waals surface area contributed by atoms with Crippen LogP contribution in [-0.4, -0.2) is 27.7 Å². The Balaban J connectivity index is 1.51. The molecule has 1 atom stereocenters. The smallest absolute Gasteiger partial charge is 0.334 e. The van der Waals surface area contributed by atoms with E-state index in [-0.39, 0.29) is 31.8 Å². The molecule has 1 saturated heterocycles. The molecule has 4 rings (SSSR count). The van der Waals surface area contributed by atoms with E-state index in [1.54, 1.807) is 12.1 Å². The molecule has 162 valence electrons. The standard InChI is InChI=1S/C20H16ClF3N4O3/c21-15-7-12-10-28(9-11(12)6-14(15)20(22,23)24)16(29)3-4-19(13-2-1-5-25-8-13)17(30)26-18(31)27-19/h1-2,5-8H,3-4,9-10H2,(H2,26,27,30,31). The molecule has 0 radical (unpaired) electrons. The number of fused-ring (bicyclic) bond motifs is 1. The highest BCUT2D eigenvalue weighted by Crippen LogP contribution is 2.39. The van der Waals surface area contributed by atoms with Crippen molar-refractivity contribution in [1.82, 2.24) is 20.5 Å². The molecule has 1 aromatic carbocycles. The van der Waals surface area contributed by atoms with Crippen molar-refractivity contribution < 1.29 is 27.6 Å². The first-order chi connectivity index (χ1) is 14.6. The third-order valence-corrected chi connectivity index (χ3v) is 5.79. The maximum absolute atomic E-state index is 13.1. The van der Waals surface area contributed by atoms with Crippen LogP contribution < -0.4 is 10.6 Å². The molecular weight excluding hydrogens is 437 g/mol. The van der Waals surface area contributed by atoms with Gasteiger partial charge in [0.25, 0.3) is 5.91 Å². The summed E-state index contributed by atoms with van der Waals surface area (Å²) < 4.78 is 39.3. The second-order valence-corrected chi connectivity index (χ2v) is 7.81. The normalized spacial score (nSPS) is 20.5. The number of urea groups is 1. The fraction of sp³-hybridized carbons (Fsp3) is 0.300. The lowest BCUT2D eigenvalue weighted by molar-refractivity contribution is -0.137. The van der Waals surface area contributed by atoms with E-state index in [4.69, 9.17) is 11.6 Å². The van der Waals surface area contributed by atoms with Gasteiger partial charge in [-0.1, -0.05) is 17.7 Å². The maximum Gasteiger partial charge on any atom is 0.417 e. The number of aromatic nitrogens is 1. The molecule has 0 aliphatic carbocycles. The zero-order valence-electron chi connectivity index (χ0n) is 15.9. The van der Waals surface area contributed by atoms with Crippen LogP contribution in [0.4, 0.5) is 18.0 Å². The molecule has 11 heteroatoms. The van der Waals surface area contributed by atoms with Gasteiger partial charge in [0.15, 0.2) is 0 Å². The first-order valence-electron chi connectivity index (χ1n) is 9.30. The number of amides is 4. The number of hydrogen-bond acceptors (Lipinski definition) is 4. The summed E-state index contributed by atoms with van der Waals surface area (Å²) >= 11 is 5.77. The molecule has 1 aromatic heterocycles. The summed E-state index contributed by atoms with van der Waals surface area (Å²) in [4.78, 5) is 42.5. The summed E-state index contributed by atoms with van der Waals surface area (Å²) in [6, 6.07) is 4.75. The fourth-order valence-electron chi connectivity index (χ4n) is 3.90. The number of nitrogens with zero attached hydrogens (tertiary/aromatic N) is 2. The molecule has 2 aliphatic rings. The number of carbonyl (C=O) groups excluding carboxylic acids is 3. The van der Waals surface area contributed by atoms with Crippen LogP contribution in [0.25, 0.3) is 0 Å². The van der Waals surface area contributed by atoms with E-state index in [2.05, 4.69) is 15.6 Å². The van der Waals surface area contributed by atoms with Crippen molar-refractivity contribution in [3.8, 4) is 0 Å². The minimum Gasteiger partial charge on any atom is -0.334 e. The van der Waals surface area contributed by atoms with E-state index < -0.39 is 34.2 Å². The Morgan fingerprint density at radius 1 is 1.23 bits per heavy atom. The van der Waals surface area contributed by atoms with Crippen molar-refractivity contribution in [2.75, 3.05) is 0 Å². The predicted molar refractivity (Wildman–Crippen MR) is 103 cm³/mol. The maximum atomic E-state index is 13.1. The van der Waals surface area contributed by atoms with Gasteiger partial charge in [-0.05, 0) is 35.7 Å². The quantitative estimate of drug-likeness (QED) is 0.697. The number of benzene rings is 1. The summed E-state index contributed by atoms with van der Waals surface area (Å²) in [6.07, 6.45) is -1.79. The summed E-state index contributed by atoms with van der Waals surface area (Å²) in [5.74, 6) is -0.956. The molecule has 0 saturated carbocycles. The van der Waals surface area contributed by atoms with E-state index >= 15 is 0 Å². The molecule has 2 aromatic rings. The van der Waals surface area contributed by atoms with Gasteiger partial charge in [0, 0.05) is 37.5 Å². The van der Waals surface area contributed by atoms with Crippen molar-refractivity contribution >= 4 is 29.4 Å². The number of alkyl halides is 3. The van der Waals surface area contributed by atoms with Crippen LogP contribution >= 0.6 is 11.6 Å². The Hall–Kier alpha value is -3.14. The number of carbonyl (C=O) groups is 3. The van der Waals surface area contributed by atoms with Gasteiger partial charge >= 0.3 is 12.2 Å². The molecule has 1 fully saturated rings. The highest BCUT2D eigenvalue weighted by molar-refractivity contribution is 6.31. The molecule has 3 heterocycles. The minimum atomic E-state index is -4.59.